The van der Waals surface area contributed by atoms with E-state index in [2.05, 4.69) is 5.32 Å². The number of benzene rings is 1. The van der Waals surface area contributed by atoms with Crippen molar-refractivity contribution in [1.82, 2.24) is 9.80 Å². The molecule has 1 saturated heterocycles. The molecular weight excluding hydrogens is 394 g/mol. The summed E-state index contributed by atoms with van der Waals surface area (Å²) in [6.45, 7) is 2.87. The van der Waals surface area contributed by atoms with Gasteiger partial charge in [0, 0.05) is 45.6 Å². The second-order valence-electron chi connectivity index (χ2n) is 6.66. The van der Waals surface area contributed by atoms with Gasteiger partial charge < -0.3 is 29.3 Å². The van der Waals surface area contributed by atoms with Crippen molar-refractivity contribution in [2.45, 2.75) is 19.8 Å². The molecule has 164 valence electrons. The summed E-state index contributed by atoms with van der Waals surface area (Å²) in [4.78, 5) is 50.8. The van der Waals surface area contributed by atoms with Crippen LogP contribution in [0.3, 0.4) is 0 Å². The lowest BCUT2D eigenvalue weighted by Gasteiger charge is -2.34. The molecule has 0 spiro atoms. The van der Waals surface area contributed by atoms with Crippen molar-refractivity contribution in [2.24, 2.45) is 0 Å². The van der Waals surface area contributed by atoms with Crippen LogP contribution in [0, 0.1) is 0 Å². The van der Waals surface area contributed by atoms with E-state index >= 15 is 0 Å². The average Bonchev–Trinajstić information content (AvgIpc) is 2.75. The van der Waals surface area contributed by atoms with Gasteiger partial charge in [-0.25, -0.2) is 0 Å². The fraction of sp³-hybridized carbons (Fsp3) is 0.500. The van der Waals surface area contributed by atoms with Gasteiger partial charge in [-0.05, 0) is 12.1 Å². The van der Waals surface area contributed by atoms with E-state index in [-0.39, 0.29) is 24.7 Å². The highest BCUT2D eigenvalue weighted by molar-refractivity contribution is 5.94. The van der Waals surface area contributed by atoms with Crippen LogP contribution in [0.25, 0.3) is 0 Å². The molecule has 10 heteroatoms. The van der Waals surface area contributed by atoms with Gasteiger partial charge in [-0.15, -0.1) is 0 Å². The van der Waals surface area contributed by atoms with Crippen molar-refractivity contribution in [3.63, 3.8) is 0 Å². The number of hydrogen-bond donors (Lipinski definition) is 1. The minimum Gasteiger partial charge on any atom is -0.497 e. The van der Waals surface area contributed by atoms with Crippen molar-refractivity contribution >= 4 is 29.4 Å². The number of anilines is 1. The van der Waals surface area contributed by atoms with Crippen LogP contribution >= 0.6 is 0 Å². The first kappa shape index (κ1) is 23.0. The lowest BCUT2D eigenvalue weighted by Crippen LogP contribution is -2.50. The fourth-order valence-electron chi connectivity index (χ4n) is 2.95. The summed E-state index contributed by atoms with van der Waals surface area (Å²) in [6, 6.07) is 4.91. The van der Waals surface area contributed by atoms with Crippen LogP contribution in [-0.2, 0) is 23.9 Å². The molecule has 0 atom stereocenters. The molecule has 0 aliphatic carbocycles. The maximum absolute atomic E-state index is 12.2. The Morgan fingerprint density at radius 3 is 2.23 bits per heavy atom. The van der Waals surface area contributed by atoms with Crippen molar-refractivity contribution in [2.75, 3.05) is 52.3 Å². The van der Waals surface area contributed by atoms with Crippen molar-refractivity contribution in [3.8, 4) is 11.5 Å². The van der Waals surface area contributed by atoms with E-state index in [4.69, 9.17) is 14.2 Å². The number of carbonyl (C=O) groups excluding carboxylic acids is 4. The average molecular weight is 421 g/mol. The Morgan fingerprint density at radius 1 is 0.967 bits per heavy atom. The summed E-state index contributed by atoms with van der Waals surface area (Å²) in [6.07, 6.45) is -0.133. The quantitative estimate of drug-likeness (QED) is 0.613. The molecule has 1 aromatic carbocycles. The van der Waals surface area contributed by atoms with Crippen LogP contribution in [0.4, 0.5) is 5.69 Å². The Morgan fingerprint density at radius 2 is 1.63 bits per heavy atom. The highest BCUT2D eigenvalue weighted by atomic mass is 16.5. The Bertz CT molecular complexity index is 789. The van der Waals surface area contributed by atoms with Gasteiger partial charge in [-0.2, -0.15) is 0 Å². The second kappa shape index (κ2) is 11.0. The predicted molar refractivity (Wildman–Crippen MR) is 107 cm³/mol. The summed E-state index contributed by atoms with van der Waals surface area (Å²) in [7, 11) is 2.97. The van der Waals surface area contributed by atoms with Gasteiger partial charge in [-0.3, -0.25) is 19.2 Å². The van der Waals surface area contributed by atoms with Crippen LogP contribution in [0.5, 0.6) is 11.5 Å². The molecule has 0 radical (unpaired) electrons. The van der Waals surface area contributed by atoms with E-state index in [1.165, 1.54) is 21.1 Å². The Hall–Kier alpha value is -3.30. The van der Waals surface area contributed by atoms with Crippen molar-refractivity contribution in [3.05, 3.63) is 18.2 Å². The van der Waals surface area contributed by atoms with Gasteiger partial charge in [0.05, 0.1) is 26.3 Å². The van der Waals surface area contributed by atoms with Gasteiger partial charge in [0.15, 0.2) is 6.61 Å². The molecule has 10 nitrogen and oxygen atoms in total. The smallest absolute Gasteiger partial charge is 0.306 e. The van der Waals surface area contributed by atoms with Gasteiger partial charge >= 0.3 is 5.97 Å². The zero-order valence-electron chi connectivity index (χ0n) is 17.4. The molecule has 2 rings (SSSR count). The van der Waals surface area contributed by atoms with Crippen LogP contribution in [0.15, 0.2) is 18.2 Å². The molecule has 1 aliphatic heterocycles. The van der Waals surface area contributed by atoms with Crippen LogP contribution in [0.1, 0.15) is 19.8 Å². The zero-order valence-corrected chi connectivity index (χ0v) is 17.4. The summed E-state index contributed by atoms with van der Waals surface area (Å²) < 4.78 is 15.2. The number of piperazine rings is 1. The number of nitrogens with one attached hydrogen (secondary N) is 1. The number of ether oxygens (including phenoxy) is 3. The van der Waals surface area contributed by atoms with Gasteiger partial charge in [0.1, 0.15) is 11.5 Å². The number of nitrogens with zero attached hydrogens (tertiary/aromatic N) is 2. The van der Waals surface area contributed by atoms with Crippen molar-refractivity contribution in [1.29, 1.82) is 0 Å². The maximum Gasteiger partial charge on any atom is 0.306 e. The van der Waals surface area contributed by atoms with Gasteiger partial charge in [0.2, 0.25) is 11.8 Å². The molecule has 1 N–H and O–H groups in total. The standard InChI is InChI=1S/C20H27N3O7/c1-14(24)22-8-10-23(11-9-22)19(26)6-7-20(27)30-13-18(25)21-16-12-15(28-2)4-5-17(16)29-3/h4-5,12H,6-11,13H2,1-3H3,(H,21,25). The maximum atomic E-state index is 12.2. The molecular formula is C20H27N3O7. The molecule has 1 fully saturated rings. The number of esters is 1. The molecule has 1 heterocycles. The summed E-state index contributed by atoms with van der Waals surface area (Å²) in [5.74, 6) is -0.409. The minimum absolute atomic E-state index is 0.00969. The molecule has 30 heavy (non-hydrogen) atoms. The lowest BCUT2D eigenvalue weighted by molar-refractivity contribution is -0.149. The molecule has 1 aromatic rings. The van der Waals surface area contributed by atoms with Crippen LogP contribution in [0.2, 0.25) is 0 Å². The number of carbonyl (C=O) groups is 4. The molecule has 0 unspecified atom stereocenters. The third kappa shape index (κ3) is 6.64. The van der Waals surface area contributed by atoms with E-state index in [0.717, 1.165) is 0 Å². The third-order valence-electron chi connectivity index (χ3n) is 4.67. The van der Waals surface area contributed by atoms with E-state index in [1.54, 1.807) is 28.0 Å². The summed E-state index contributed by atoms with van der Waals surface area (Å²) in [5.41, 5.74) is 0.387. The monoisotopic (exact) mass is 421 g/mol. The molecule has 1 aliphatic rings. The second-order valence-corrected chi connectivity index (χ2v) is 6.66. The largest absolute Gasteiger partial charge is 0.497 e. The lowest BCUT2D eigenvalue weighted by atomic mass is 10.2. The molecule has 0 saturated carbocycles. The number of hydrogen-bond acceptors (Lipinski definition) is 7. The van der Waals surface area contributed by atoms with Crippen LogP contribution < -0.4 is 14.8 Å². The SMILES string of the molecule is COc1ccc(OC)c(NC(=O)COC(=O)CCC(=O)N2CCN(C(C)=O)CC2)c1. The minimum atomic E-state index is -0.640. The number of methoxy groups -OCH3 is 2. The van der Waals surface area contributed by atoms with E-state index < -0.39 is 18.5 Å². The van der Waals surface area contributed by atoms with Crippen molar-refractivity contribution < 1.29 is 33.4 Å². The normalized spacial score (nSPS) is 13.4. The first-order valence-corrected chi connectivity index (χ1v) is 9.54. The van der Waals surface area contributed by atoms with E-state index in [9.17, 15) is 19.2 Å². The molecule has 0 bridgehead atoms. The third-order valence-corrected chi connectivity index (χ3v) is 4.67. The number of amides is 3. The molecule has 3 amide bonds. The summed E-state index contributed by atoms with van der Waals surface area (Å²) >= 11 is 0. The highest BCUT2D eigenvalue weighted by Gasteiger charge is 2.23. The van der Waals surface area contributed by atoms with Gasteiger partial charge in [-0.1, -0.05) is 0 Å². The first-order valence-electron chi connectivity index (χ1n) is 9.54. The number of rotatable bonds is 8. The van der Waals surface area contributed by atoms with Crippen LogP contribution in [-0.4, -0.2) is 80.5 Å². The highest BCUT2D eigenvalue weighted by Crippen LogP contribution is 2.28. The Labute approximate surface area is 175 Å². The Balaban J connectivity index is 1.72. The predicted octanol–water partition coefficient (Wildman–Crippen LogP) is 0.656. The Kier molecular flexibility index (Phi) is 8.45. The first-order chi connectivity index (χ1) is 14.3. The summed E-state index contributed by atoms with van der Waals surface area (Å²) in [5, 5.41) is 2.59. The fourth-order valence-corrected chi connectivity index (χ4v) is 2.95. The zero-order chi connectivity index (χ0) is 22.1. The molecule has 0 aromatic heterocycles. The van der Waals surface area contributed by atoms with E-state index in [1.807, 2.05) is 0 Å². The van der Waals surface area contributed by atoms with Gasteiger partial charge in [0.25, 0.3) is 5.91 Å². The topological polar surface area (TPSA) is 114 Å². The van der Waals surface area contributed by atoms with E-state index in [0.29, 0.717) is 43.4 Å².